The molecule has 27 heavy (non-hydrogen) atoms. The van der Waals surface area contributed by atoms with Crippen LogP contribution in [0.25, 0.3) is 10.9 Å². The van der Waals surface area contributed by atoms with Crippen LogP contribution in [0.4, 0.5) is 13.2 Å². The van der Waals surface area contributed by atoms with Gasteiger partial charge in [0.05, 0.1) is 16.7 Å². The highest BCUT2D eigenvalue weighted by Crippen LogP contribution is 2.54. The van der Waals surface area contributed by atoms with E-state index >= 15 is 8.78 Å². The second-order valence-corrected chi connectivity index (χ2v) is 7.95. The van der Waals surface area contributed by atoms with E-state index in [2.05, 4.69) is 10.2 Å². The molecule has 5 nitrogen and oxygen atoms in total. The van der Waals surface area contributed by atoms with Crippen molar-refractivity contribution in [2.24, 2.45) is 17.8 Å². The molecule has 0 radical (unpaired) electrons. The molecule has 2 N–H and O–H groups in total. The van der Waals surface area contributed by atoms with Crippen molar-refractivity contribution < 1.29 is 23.1 Å². The van der Waals surface area contributed by atoms with Crippen molar-refractivity contribution in [3.63, 3.8) is 0 Å². The molecule has 2 bridgehead atoms. The van der Waals surface area contributed by atoms with Crippen LogP contribution in [-0.4, -0.2) is 45.1 Å². The number of carbonyl (C=O) groups is 1. The van der Waals surface area contributed by atoms with Gasteiger partial charge in [-0.25, -0.2) is 13.2 Å². The number of amides is 1. The van der Waals surface area contributed by atoms with E-state index in [0.717, 1.165) is 0 Å². The monoisotopic (exact) mass is 401 g/mol. The van der Waals surface area contributed by atoms with E-state index in [4.69, 9.17) is 11.6 Å². The summed E-state index contributed by atoms with van der Waals surface area (Å²) in [7, 11) is 0. The summed E-state index contributed by atoms with van der Waals surface area (Å²) in [6.45, 7) is 1.88. The van der Waals surface area contributed by atoms with Crippen LogP contribution in [0.3, 0.4) is 0 Å². The fourth-order valence-corrected chi connectivity index (χ4v) is 5.02. The molecule has 2 aromatic rings. The third kappa shape index (κ3) is 2.81. The van der Waals surface area contributed by atoms with Gasteiger partial charge in [0.25, 0.3) is 5.92 Å². The van der Waals surface area contributed by atoms with Crippen LogP contribution in [0.15, 0.2) is 12.3 Å². The Morgan fingerprint density at radius 1 is 1.41 bits per heavy atom. The molecular weight excluding hydrogens is 383 g/mol. The van der Waals surface area contributed by atoms with E-state index in [1.165, 1.54) is 19.2 Å². The number of H-pyrrole nitrogens is 1. The summed E-state index contributed by atoms with van der Waals surface area (Å²) >= 11 is 5.84. The third-order valence-corrected chi connectivity index (χ3v) is 6.30. The van der Waals surface area contributed by atoms with E-state index in [1.807, 2.05) is 0 Å². The quantitative estimate of drug-likeness (QED) is 0.826. The minimum atomic E-state index is -3.57. The molecule has 2 unspecified atom stereocenters. The average Bonchev–Trinajstić information content (AvgIpc) is 3.17. The second-order valence-electron chi connectivity index (χ2n) is 7.54. The maximum absolute atomic E-state index is 15.4. The van der Waals surface area contributed by atoms with E-state index < -0.39 is 41.2 Å². The normalized spacial score (nSPS) is 26.6. The lowest BCUT2D eigenvalue weighted by atomic mass is 9.77. The van der Waals surface area contributed by atoms with Crippen molar-refractivity contribution in [1.82, 2.24) is 15.1 Å². The number of piperidine rings is 1. The van der Waals surface area contributed by atoms with Crippen LogP contribution in [0.5, 0.6) is 0 Å². The number of hydrogen-bond acceptors (Lipinski definition) is 3. The standard InChI is InChI=1S/C18H19ClF3N3O2/c1-8(26)25-6-9-2-3-10(7-25)14(9)18(21,22)17(27)13-15(20)12(19)4-11-5-23-24-16(11)13/h4-5,9-10,14,17,27H,2-3,6-7H2,1H3,(H,23,24)/t9-,10?,14-,17?/m0/s1. The predicted octanol–water partition coefficient (Wildman–Crippen LogP) is 3.53. The van der Waals surface area contributed by atoms with Crippen molar-refractivity contribution in [3.8, 4) is 0 Å². The highest BCUT2D eigenvalue weighted by molar-refractivity contribution is 6.31. The summed E-state index contributed by atoms with van der Waals surface area (Å²) in [5.74, 6) is -6.78. The Kier molecular flexibility index (Phi) is 4.38. The summed E-state index contributed by atoms with van der Waals surface area (Å²) in [6, 6.07) is 1.28. The molecule has 0 spiro atoms. The number of halogens is 4. The van der Waals surface area contributed by atoms with Crippen LogP contribution in [-0.2, 0) is 4.79 Å². The lowest BCUT2D eigenvalue weighted by Gasteiger charge is -2.42. The molecule has 4 rings (SSSR count). The molecule has 2 aliphatic rings. The number of alkyl halides is 2. The maximum Gasteiger partial charge on any atom is 0.281 e. The van der Waals surface area contributed by atoms with Gasteiger partial charge in [0.1, 0.15) is 11.9 Å². The molecular formula is C18H19ClF3N3O2. The largest absolute Gasteiger partial charge is 0.382 e. The number of benzene rings is 1. The molecule has 2 heterocycles. The number of aliphatic hydroxyl groups excluding tert-OH is 1. The molecule has 1 saturated heterocycles. The summed E-state index contributed by atoms with van der Waals surface area (Å²) in [5.41, 5.74) is -0.550. The fraction of sp³-hybridized carbons (Fsp3) is 0.556. The number of hydrogen-bond donors (Lipinski definition) is 2. The van der Waals surface area contributed by atoms with E-state index in [1.54, 1.807) is 4.90 Å². The molecule has 146 valence electrons. The van der Waals surface area contributed by atoms with E-state index in [0.29, 0.717) is 18.2 Å². The first kappa shape index (κ1) is 18.6. The maximum atomic E-state index is 15.4. The SMILES string of the molecule is CC(=O)N1CC2CC[C@@H](C1)[C@@H]2C(F)(F)C(O)c1c(F)c(Cl)cc2cn[nH]c12. The average molecular weight is 402 g/mol. The number of aliphatic hydroxyl groups is 1. The Bertz CT molecular complexity index is 889. The molecule has 2 fully saturated rings. The summed E-state index contributed by atoms with van der Waals surface area (Å²) in [4.78, 5) is 13.2. The number of likely N-dealkylation sites (tertiary alicyclic amines) is 1. The molecule has 1 amide bonds. The number of nitrogens with zero attached hydrogens (tertiary/aromatic N) is 2. The zero-order chi connectivity index (χ0) is 19.5. The van der Waals surface area contributed by atoms with Gasteiger partial charge in [-0.1, -0.05) is 11.6 Å². The number of nitrogens with one attached hydrogen (secondary N) is 1. The first-order valence-electron chi connectivity index (χ1n) is 8.84. The number of rotatable bonds is 3. The van der Waals surface area contributed by atoms with Crippen LogP contribution in [0.1, 0.15) is 31.4 Å². The topological polar surface area (TPSA) is 69.2 Å². The zero-order valence-electron chi connectivity index (χ0n) is 14.6. The van der Waals surface area contributed by atoms with Gasteiger partial charge in [-0.05, 0) is 30.7 Å². The van der Waals surface area contributed by atoms with E-state index in [9.17, 15) is 14.3 Å². The van der Waals surface area contributed by atoms with Gasteiger partial charge in [-0.3, -0.25) is 9.89 Å². The fourth-order valence-electron chi connectivity index (χ4n) is 4.80. The summed E-state index contributed by atoms with van der Waals surface area (Å²) in [6.07, 6.45) is 0.0816. The van der Waals surface area contributed by atoms with Gasteiger partial charge < -0.3 is 10.0 Å². The Hall–Kier alpha value is -1.80. The van der Waals surface area contributed by atoms with Crippen molar-refractivity contribution in [1.29, 1.82) is 0 Å². The van der Waals surface area contributed by atoms with Crippen LogP contribution >= 0.6 is 11.6 Å². The molecule has 1 aromatic carbocycles. The third-order valence-electron chi connectivity index (χ3n) is 6.03. The molecule has 4 atom stereocenters. The van der Waals surface area contributed by atoms with Crippen LogP contribution < -0.4 is 0 Å². The first-order chi connectivity index (χ1) is 12.7. The van der Waals surface area contributed by atoms with Gasteiger partial charge >= 0.3 is 0 Å². The van der Waals surface area contributed by atoms with Crippen molar-refractivity contribution in [3.05, 3.63) is 28.7 Å². The van der Waals surface area contributed by atoms with Crippen LogP contribution in [0.2, 0.25) is 5.02 Å². The Balaban J connectivity index is 1.72. The van der Waals surface area contributed by atoms with Gasteiger partial charge in [0, 0.05) is 36.9 Å². The lowest BCUT2D eigenvalue weighted by Crippen LogP contribution is -2.51. The van der Waals surface area contributed by atoms with Gasteiger partial charge in [0.2, 0.25) is 5.91 Å². The second kappa shape index (κ2) is 6.38. The Morgan fingerprint density at radius 3 is 2.63 bits per heavy atom. The number of carbonyl (C=O) groups excluding carboxylic acids is 1. The molecule has 9 heteroatoms. The lowest BCUT2D eigenvalue weighted by molar-refractivity contribution is -0.182. The summed E-state index contributed by atoms with van der Waals surface area (Å²) in [5, 5.41) is 16.8. The smallest absolute Gasteiger partial charge is 0.281 e. The number of aromatic nitrogens is 2. The van der Waals surface area contributed by atoms with Crippen LogP contribution in [0, 0.1) is 23.6 Å². The molecule has 1 aliphatic carbocycles. The molecule has 1 aromatic heterocycles. The van der Waals surface area contributed by atoms with Crippen molar-refractivity contribution >= 4 is 28.4 Å². The van der Waals surface area contributed by atoms with Crippen molar-refractivity contribution in [2.45, 2.75) is 31.8 Å². The van der Waals surface area contributed by atoms with Gasteiger partial charge in [-0.15, -0.1) is 0 Å². The Labute approximate surface area is 158 Å². The minimum absolute atomic E-state index is 0.0117. The molecule has 1 saturated carbocycles. The minimum Gasteiger partial charge on any atom is -0.382 e. The van der Waals surface area contributed by atoms with Crippen molar-refractivity contribution in [2.75, 3.05) is 13.1 Å². The number of aromatic amines is 1. The Morgan fingerprint density at radius 2 is 2.04 bits per heavy atom. The predicted molar refractivity (Wildman–Crippen MR) is 92.9 cm³/mol. The first-order valence-corrected chi connectivity index (χ1v) is 9.22. The zero-order valence-corrected chi connectivity index (χ0v) is 15.3. The number of fused-ring (bicyclic) bond motifs is 3. The summed E-state index contributed by atoms with van der Waals surface area (Å²) < 4.78 is 45.4. The van der Waals surface area contributed by atoms with E-state index in [-0.39, 0.29) is 29.5 Å². The highest BCUT2D eigenvalue weighted by Gasteiger charge is 2.59. The van der Waals surface area contributed by atoms with Gasteiger partial charge in [-0.2, -0.15) is 5.10 Å². The van der Waals surface area contributed by atoms with Gasteiger partial charge in [0.15, 0.2) is 0 Å². The highest BCUT2D eigenvalue weighted by atomic mass is 35.5. The molecule has 1 aliphatic heterocycles.